The lowest BCUT2D eigenvalue weighted by Crippen LogP contribution is -2.47. The van der Waals surface area contributed by atoms with Crippen molar-refractivity contribution >= 4 is 23.2 Å². The number of nitrogen functional groups attached to an aromatic ring is 1. The van der Waals surface area contributed by atoms with E-state index in [0.717, 1.165) is 31.8 Å². The average molecular weight is 466 g/mol. The molecule has 0 aliphatic carbocycles. The number of halogens is 1. The molecule has 1 amide bonds. The second kappa shape index (κ2) is 12.1. The highest BCUT2D eigenvalue weighted by molar-refractivity contribution is 6.33. The highest BCUT2D eigenvalue weighted by Crippen LogP contribution is 2.29. The molecule has 3 N–H and O–H groups in total. The second-order valence-corrected chi connectivity index (χ2v) is 9.97. The van der Waals surface area contributed by atoms with Crippen molar-refractivity contribution in [3.05, 3.63) is 22.7 Å². The zero-order valence-corrected chi connectivity index (χ0v) is 20.7. The number of rotatable bonds is 9. The molecular formula is C24H40ClN5O2. The van der Waals surface area contributed by atoms with Gasteiger partial charge in [0.05, 0.1) is 23.4 Å². The van der Waals surface area contributed by atoms with Crippen molar-refractivity contribution in [2.75, 3.05) is 72.8 Å². The Morgan fingerprint density at radius 2 is 1.81 bits per heavy atom. The fraction of sp³-hybridized carbons (Fsp3) is 0.708. The molecule has 3 rings (SSSR count). The summed E-state index contributed by atoms with van der Waals surface area (Å²) in [6.07, 6.45) is 5.80. The molecule has 2 aliphatic heterocycles. The van der Waals surface area contributed by atoms with Gasteiger partial charge in [0.25, 0.3) is 5.91 Å². The standard InChI is InChI=1S/C24H40ClN5O2/c1-28(2)9-4-10-29-11-5-18(6-12-29)17-30-13-7-19(8-14-30)27-24(31)20-15-21(25)22(26)16-23(20)32-3/h15-16,18-19H,4-14,17,26H2,1-3H3,(H,27,31). The molecule has 2 saturated heterocycles. The number of hydrogen-bond acceptors (Lipinski definition) is 6. The normalized spacial score (nSPS) is 19.4. The quantitative estimate of drug-likeness (QED) is 0.546. The molecule has 0 spiro atoms. The SMILES string of the molecule is COc1cc(N)c(Cl)cc1C(=O)NC1CCN(CC2CCN(CCCN(C)C)CC2)CC1. The summed E-state index contributed by atoms with van der Waals surface area (Å²) in [5.41, 5.74) is 6.67. The van der Waals surface area contributed by atoms with Crippen molar-refractivity contribution in [2.24, 2.45) is 5.92 Å². The van der Waals surface area contributed by atoms with Crippen LogP contribution < -0.4 is 15.8 Å². The lowest BCUT2D eigenvalue weighted by Gasteiger charge is -2.38. The highest BCUT2D eigenvalue weighted by atomic mass is 35.5. The van der Waals surface area contributed by atoms with Gasteiger partial charge in [-0.3, -0.25) is 4.79 Å². The van der Waals surface area contributed by atoms with E-state index in [4.69, 9.17) is 22.1 Å². The molecule has 0 radical (unpaired) electrons. The van der Waals surface area contributed by atoms with Gasteiger partial charge >= 0.3 is 0 Å². The van der Waals surface area contributed by atoms with Crippen LogP contribution in [0.1, 0.15) is 42.5 Å². The molecule has 2 fully saturated rings. The van der Waals surface area contributed by atoms with E-state index in [1.807, 2.05) is 0 Å². The first-order valence-electron chi connectivity index (χ1n) is 11.9. The van der Waals surface area contributed by atoms with Crippen LogP contribution in [0.15, 0.2) is 12.1 Å². The van der Waals surface area contributed by atoms with Gasteiger partial charge in [-0.2, -0.15) is 0 Å². The Balaban J connectivity index is 1.38. The molecule has 2 aliphatic rings. The number of piperidine rings is 2. The van der Waals surface area contributed by atoms with E-state index < -0.39 is 0 Å². The lowest BCUT2D eigenvalue weighted by atomic mass is 9.94. The topological polar surface area (TPSA) is 74.1 Å². The Labute approximate surface area is 198 Å². The fourth-order valence-electron chi connectivity index (χ4n) is 4.81. The Morgan fingerprint density at radius 1 is 1.16 bits per heavy atom. The summed E-state index contributed by atoms with van der Waals surface area (Å²) < 4.78 is 5.32. The molecule has 0 atom stereocenters. The summed E-state index contributed by atoms with van der Waals surface area (Å²) in [6.45, 7) is 8.12. The van der Waals surface area contributed by atoms with E-state index in [9.17, 15) is 4.79 Å². The van der Waals surface area contributed by atoms with Crippen molar-refractivity contribution in [3.63, 3.8) is 0 Å². The van der Waals surface area contributed by atoms with Crippen LogP contribution in [0.5, 0.6) is 5.75 Å². The molecule has 180 valence electrons. The molecule has 0 aromatic heterocycles. The van der Waals surface area contributed by atoms with Crippen molar-refractivity contribution in [1.29, 1.82) is 0 Å². The molecule has 1 aromatic rings. The molecule has 1 aromatic carbocycles. The summed E-state index contributed by atoms with van der Waals surface area (Å²) >= 11 is 6.12. The largest absolute Gasteiger partial charge is 0.496 e. The van der Waals surface area contributed by atoms with Gasteiger partial charge in [-0.15, -0.1) is 0 Å². The first-order valence-corrected chi connectivity index (χ1v) is 12.3. The third-order valence-electron chi connectivity index (χ3n) is 6.79. The zero-order valence-electron chi connectivity index (χ0n) is 19.9. The number of amides is 1. The van der Waals surface area contributed by atoms with Crippen molar-refractivity contribution in [1.82, 2.24) is 20.0 Å². The number of nitrogens with zero attached hydrogens (tertiary/aromatic N) is 3. The van der Waals surface area contributed by atoms with Gasteiger partial charge < -0.3 is 30.5 Å². The van der Waals surface area contributed by atoms with Gasteiger partial charge in [0.1, 0.15) is 5.75 Å². The maximum absolute atomic E-state index is 12.8. The monoisotopic (exact) mass is 465 g/mol. The number of benzene rings is 1. The minimum absolute atomic E-state index is 0.149. The number of hydrogen-bond donors (Lipinski definition) is 2. The summed E-state index contributed by atoms with van der Waals surface area (Å²) in [5, 5.41) is 3.53. The minimum atomic E-state index is -0.149. The first kappa shape index (κ1) is 25.1. The maximum Gasteiger partial charge on any atom is 0.255 e. The Hall–Kier alpha value is -1.54. The van der Waals surface area contributed by atoms with E-state index in [2.05, 4.69) is 34.1 Å². The van der Waals surface area contributed by atoms with E-state index in [1.165, 1.54) is 59.1 Å². The molecule has 0 bridgehead atoms. The van der Waals surface area contributed by atoms with E-state index in [-0.39, 0.29) is 11.9 Å². The molecule has 2 heterocycles. The van der Waals surface area contributed by atoms with Crippen LogP contribution in [0.2, 0.25) is 5.02 Å². The fourth-order valence-corrected chi connectivity index (χ4v) is 4.97. The van der Waals surface area contributed by atoms with Gasteiger partial charge in [-0.05, 0) is 84.4 Å². The predicted octanol–water partition coefficient (Wildman–Crippen LogP) is 2.79. The number of nitrogens with one attached hydrogen (secondary N) is 1. The lowest BCUT2D eigenvalue weighted by molar-refractivity contribution is 0.0887. The van der Waals surface area contributed by atoms with Gasteiger partial charge in [-0.25, -0.2) is 0 Å². The number of carbonyl (C=O) groups excluding carboxylic acids is 1. The number of ether oxygens (including phenoxy) is 1. The Bertz CT molecular complexity index is 744. The molecule has 32 heavy (non-hydrogen) atoms. The van der Waals surface area contributed by atoms with Crippen LogP contribution in [0.4, 0.5) is 5.69 Å². The predicted molar refractivity (Wildman–Crippen MR) is 132 cm³/mol. The maximum atomic E-state index is 12.8. The van der Waals surface area contributed by atoms with Crippen LogP contribution in [0.25, 0.3) is 0 Å². The summed E-state index contributed by atoms with van der Waals surface area (Å²) in [4.78, 5) is 20.3. The van der Waals surface area contributed by atoms with Crippen molar-refractivity contribution < 1.29 is 9.53 Å². The molecule has 0 saturated carbocycles. The molecule has 0 unspecified atom stereocenters. The molecule has 8 heteroatoms. The highest BCUT2D eigenvalue weighted by Gasteiger charge is 2.26. The number of anilines is 1. The number of nitrogens with two attached hydrogens (primary N) is 1. The van der Waals surface area contributed by atoms with Crippen LogP contribution >= 0.6 is 11.6 Å². The summed E-state index contributed by atoms with van der Waals surface area (Å²) in [5.74, 6) is 1.10. The second-order valence-electron chi connectivity index (χ2n) is 9.56. The van der Waals surface area contributed by atoms with Crippen LogP contribution in [-0.4, -0.2) is 93.7 Å². The van der Waals surface area contributed by atoms with E-state index >= 15 is 0 Å². The van der Waals surface area contributed by atoms with Crippen LogP contribution in [0.3, 0.4) is 0 Å². The van der Waals surface area contributed by atoms with Gasteiger partial charge in [0.2, 0.25) is 0 Å². The van der Waals surface area contributed by atoms with E-state index in [1.54, 1.807) is 12.1 Å². The summed E-state index contributed by atoms with van der Waals surface area (Å²) in [6, 6.07) is 3.37. The average Bonchev–Trinajstić information content (AvgIpc) is 2.77. The first-order chi connectivity index (χ1) is 15.4. The minimum Gasteiger partial charge on any atom is -0.496 e. The Kier molecular flexibility index (Phi) is 9.46. The zero-order chi connectivity index (χ0) is 23.1. The molecule has 7 nitrogen and oxygen atoms in total. The van der Waals surface area contributed by atoms with Gasteiger partial charge in [0.15, 0.2) is 0 Å². The third-order valence-corrected chi connectivity index (χ3v) is 7.12. The van der Waals surface area contributed by atoms with Gasteiger partial charge in [-0.1, -0.05) is 11.6 Å². The molecular weight excluding hydrogens is 426 g/mol. The number of methoxy groups -OCH3 is 1. The summed E-state index contributed by atoms with van der Waals surface area (Å²) in [7, 11) is 5.82. The number of likely N-dealkylation sites (tertiary alicyclic amines) is 2. The number of carbonyl (C=O) groups is 1. The smallest absolute Gasteiger partial charge is 0.255 e. The van der Waals surface area contributed by atoms with Crippen molar-refractivity contribution in [3.8, 4) is 5.75 Å². The van der Waals surface area contributed by atoms with E-state index in [0.29, 0.717) is 22.0 Å². The third kappa shape index (κ3) is 7.24. The van der Waals surface area contributed by atoms with Gasteiger partial charge in [0, 0.05) is 31.7 Å². The Morgan fingerprint density at radius 3 is 2.44 bits per heavy atom. The van der Waals surface area contributed by atoms with Crippen molar-refractivity contribution in [2.45, 2.75) is 38.1 Å². The van der Waals surface area contributed by atoms with Crippen LogP contribution in [-0.2, 0) is 0 Å². The van der Waals surface area contributed by atoms with Crippen LogP contribution in [0, 0.1) is 5.92 Å².